The summed E-state index contributed by atoms with van der Waals surface area (Å²) in [5, 5.41) is 0. The molecule has 58 valence electrons. The van der Waals surface area contributed by atoms with Crippen LogP contribution in [0.2, 0.25) is 0 Å². The van der Waals surface area contributed by atoms with Crippen LogP contribution in [0.5, 0.6) is 5.75 Å². The number of rotatable bonds is 0. The van der Waals surface area contributed by atoms with E-state index in [1.54, 1.807) is 0 Å². The summed E-state index contributed by atoms with van der Waals surface area (Å²) < 4.78 is 5.36. The van der Waals surface area contributed by atoms with Gasteiger partial charge in [0.1, 0.15) is 5.82 Å². The molecule has 1 aliphatic rings. The minimum absolute atomic E-state index is 0.758. The maximum atomic E-state index is 5.36. The summed E-state index contributed by atoms with van der Waals surface area (Å²) in [5.74, 6) is 1.74. The molecular weight excluding hydrogens is 140 g/mol. The molecule has 3 heteroatoms. The van der Waals surface area contributed by atoms with Gasteiger partial charge in [-0.1, -0.05) is 0 Å². The second-order valence-electron chi connectivity index (χ2n) is 2.73. The van der Waals surface area contributed by atoms with Gasteiger partial charge in [0.15, 0.2) is 5.75 Å². The Kier molecular flexibility index (Phi) is 1.31. The van der Waals surface area contributed by atoms with Crippen molar-refractivity contribution < 1.29 is 4.74 Å². The van der Waals surface area contributed by atoms with Crippen LogP contribution >= 0.6 is 0 Å². The van der Waals surface area contributed by atoms with Crippen LogP contribution in [0.4, 0.5) is 0 Å². The maximum Gasteiger partial charge on any atom is 0.162 e. The van der Waals surface area contributed by atoms with E-state index < -0.39 is 0 Å². The third kappa shape index (κ3) is 0.964. The topological polar surface area (TPSA) is 35.0 Å². The van der Waals surface area contributed by atoms with Gasteiger partial charge in [-0.3, -0.25) is 0 Å². The van der Waals surface area contributed by atoms with Crippen molar-refractivity contribution in [1.82, 2.24) is 9.97 Å². The Hall–Kier alpha value is -1.12. The van der Waals surface area contributed by atoms with Crippen molar-refractivity contribution in [1.29, 1.82) is 0 Å². The Balaban J connectivity index is 2.60. The van der Waals surface area contributed by atoms with Gasteiger partial charge in [-0.15, -0.1) is 0 Å². The molecule has 0 aliphatic carbocycles. The molecule has 1 aromatic heterocycles. The maximum absolute atomic E-state index is 5.36. The molecular formula is C8H10N2O. The molecule has 0 atom stereocenters. The molecule has 0 fully saturated rings. The highest BCUT2D eigenvalue weighted by Crippen LogP contribution is 2.25. The Labute approximate surface area is 65.4 Å². The predicted octanol–water partition coefficient (Wildman–Crippen LogP) is 1.03. The molecule has 0 radical (unpaired) electrons. The lowest BCUT2D eigenvalue weighted by molar-refractivity contribution is 0.353. The van der Waals surface area contributed by atoms with Gasteiger partial charge >= 0.3 is 0 Å². The van der Waals surface area contributed by atoms with E-state index in [1.807, 2.05) is 13.8 Å². The van der Waals surface area contributed by atoms with Gasteiger partial charge in [0, 0.05) is 6.42 Å². The lowest BCUT2D eigenvalue weighted by Gasteiger charge is -2.01. The number of hydrogen-bond acceptors (Lipinski definition) is 3. The smallest absolute Gasteiger partial charge is 0.162 e. The summed E-state index contributed by atoms with van der Waals surface area (Å²) in [6.07, 6.45) is 0.930. The quantitative estimate of drug-likeness (QED) is 0.554. The van der Waals surface area contributed by atoms with E-state index in [4.69, 9.17) is 4.74 Å². The second kappa shape index (κ2) is 2.19. The van der Waals surface area contributed by atoms with Gasteiger partial charge in [0.2, 0.25) is 0 Å². The SMILES string of the molecule is Cc1nc(C)c2c(n1)CCO2. The average molecular weight is 150 g/mol. The molecule has 0 saturated carbocycles. The normalized spacial score (nSPS) is 14.4. The summed E-state index contributed by atoms with van der Waals surface area (Å²) in [6.45, 7) is 4.62. The third-order valence-corrected chi connectivity index (χ3v) is 1.80. The van der Waals surface area contributed by atoms with E-state index >= 15 is 0 Å². The molecule has 1 aliphatic heterocycles. The van der Waals surface area contributed by atoms with Crippen molar-refractivity contribution in [2.75, 3.05) is 6.61 Å². The molecule has 11 heavy (non-hydrogen) atoms. The fraction of sp³-hybridized carbons (Fsp3) is 0.500. The first kappa shape index (κ1) is 6.58. The molecule has 0 amide bonds. The molecule has 0 saturated heterocycles. The molecule has 1 aromatic rings. The van der Waals surface area contributed by atoms with Crippen LogP contribution in [0.3, 0.4) is 0 Å². The monoisotopic (exact) mass is 150 g/mol. The second-order valence-corrected chi connectivity index (χ2v) is 2.73. The van der Waals surface area contributed by atoms with Gasteiger partial charge in [0.25, 0.3) is 0 Å². The number of nitrogens with zero attached hydrogens (tertiary/aromatic N) is 2. The van der Waals surface area contributed by atoms with Gasteiger partial charge in [-0.05, 0) is 13.8 Å². The molecule has 3 nitrogen and oxygen atoms in total. The summed E-state index contributed by atoms with van der Waals surface area (Å²) >= 11 is 0. The van der Waals surface area contributed by atoms with Gasteiger partial charge in [-0.2, -0.15) is 0 Å². The Morgan fingerprint density at radius 1 is 1.27 bits per heavy atom. The summed E-state index contributed by atoms with van der Waals surface area (Å²) in [4.78, 5) is 8.49. The number of ether oxygens (including phenoxy) is 1. The van der Waals surface area contributed by atoms with Crippen molar-refractivity contribution in [2.45, 2.75) is 20.3 Å². The van der Waals surface area contributed by atoms with Gasteiger partial charge < -0.3 is 4.74 Å². The molecule has 2 rings (SSSR count). The predicted molar refractivity (Wildman–Crippen MR) is 40.7 cm³/mol. The first-order valence-electron chi connectivity index (χ1n) is 3.74. The van der Waals surface area contributed by atoms with Crippen molar-refractivity contribution in [3.63, 3.8) is 0 Å². The van der Waals surface area contributed by atoms with Gasteiger partial charge in [-0.25, -0.2) is 9.97 Å². The molecule has 0 bridgehead atoms. The van der Waals surface area contributed by atoms with Crippen molar-refractivity contribution in [2.24, 2.45) is 0 Å². The summed E-state index contributed by atoms with van der Waals surface area (Å²) in [5.41, 5.74) is 2.03. The van der Waals surface area contributed by atoms with E-state index in [-0.39, 0.29) is 0 Å². The number of aromatic nitrogens is 2. The van der Waals surface area contributed by atoms with E-state index in [0.29, 0.717) is 0 Å². The lowest BCUT2D eigenvalue weighted by Crippen LogP contribution is -1.95. The van der Waals surface area contributed by atoms with Crippen molar-refractivity contribution in [3.05, 3.63) is 17.2 Å². The molecule has 0 aromatic carbocycles. The first-order valence-corrected chi connectivity index (χ1v) is 3.74. The molecule has 0 spiro atoms. The van der Waals surface area contributed by atoms with E-state index in [1.165, 1.54) is 0 Å². The Morgan fingerprint density at radius 3 is 2.91 bits per heavy atom. The highest BCUT2D eigenvalue weighted by atomic mass is 16.5. The van der Waals surface area contributed by atoms with Crippen LogP contribution in [0, 0.1) is 13.8 Å². The summed E-state index contributed by atoms with van der Waals surface area (Å²) in [7, 11) is 0. The molecule has 0 N–H and O–H groups in total. The summed E-state index contributed by atoms with van der Waals surface area (Å²) in [6, 6.07) is 0. The zero-order chi connectivity index (χ0) is 7.84. The number of fused-ring (bicyclic) bond motifs is 1. The lowest BCUT2D eigenvalue weighted by atomic mass is 10.3. The average Bonchev–Trinajstić information content (AvgIpc) is 2.34. The Bertz CT molecular complexity index is 296. The van der Waals surface area contributed by atoms with Crippen molar-refractivity contribution >= 4 is 0 Å². The fourth-order valence-electron chi connectivity index (χ4n) is 1.38. The van der Waals surface area contributed by atoms with E-state index in [2.05, 4.69) is 9.97 Å². The van der Waals surface area contributed by atoms with Crippen LogP contribution in [-0.2, 0) is 6.42 Å². The highest BCUT2D eigenvalue weighted by molar-refractivity contribution is 5.35. The number of hydrogen-bond donors (Lipinski definition) is 0. The van der Waals surface area contributed by atoms with Gasteiger partial charge in [0.05, 0.1) is 18.0 Å². The fourth-order valence-corrected chi connectivity index (χ4v) is 1.38. The van der Waals surface area contributed by atoms with Crippen LogP contribution in [-0.4, -0.2) is 16.6 Å². The van der Waals surface area contributed by atoms with Crippen LogP contribution < -0.4 is 4.74 Å². The minimum atomic E-state index is 0.758. The zero-order valence-electron chi connectivity index (χ0n) is 6.72. The minimum Gasteiger partial charge on any atom is -0.489 e. The number of aryl methyl sites for hydroxylation is 2. The zero-order valence-corrected chi connectivity index (χ0v) is 6.72. The van der Waals surface area contributed by atoms with Crippen molar-refractivity contribution in [3.8, 4) is 5.75 Å². The van der Waals surface area contributed by atoms with Crippen LogP contribution in [0.25, 0.3) is 0 Å². The van der Waals surface area contributed by atoms with E-state index in [9.17, 15) is 0 Å². The van der Waals surface area contributed by atoms with Crippen LogP contribution in [0.1, 0.15) is 17.2 Å². The standard InChI is InChI=1S/C8H10N2O/c1-5-8-7(3-4-11-8)10-6(2)9-5/h3-4H2,1-2H3. The van der Waals surface area contributed by atoms with Crippen LogP contribution in [0.15, 0.2) is 0 Å². The molecule has 0 unspecified atom stereocenters. The largest absolute Gasteiger partial charge is 0.489 e. The van der Waals surface area contributed by atoms with E-state index in [0.717, 1.165) is 36.0 Å². The Morgan fingerprint density at radius 2 is 2.09 bits per heavy atom. The highest BCUT2D eigenvalue weighted by Gasteiger charge is 2.16. The third-order valence-electron chi connectivity index (χ3n) is 1.80. The first-order chi connectivity index (χ1) is 5.27. The molecule has 2 heterocycles.